The van der Waals surface area contributed by atoms with Crippen molar-refractivity contribution in [3.05, 3.63) is 212 Å². The summed E-state index contributed by atoms with van der Waals surface area (Å²) in [6.07, 6.45) is 0. The molecule has 0 saturated heterocycles. The van der Waals surface area contributed by atoms with Crippen molar-refractivity contribution in [2.75, 3.05) is 4.90 Å². The molecule has 12 rings (SSSR count). The molecule has 0 fully saturated rings. The first kappa shape index (κ1) is 33.7. The lowest BCUT2D eigenvalue weighted by Gasteiger charge is -2.31. The predicted molar refractivity (Wildman–Crippen MR) is 253 cm³/mol. The van der Waals surface area contributed by atoms with Crippen LogP contribution in [-0.2, 0) is 0 Å². The van der Waals surface area contributed by atoms with Gasteiger partial charge in [-0.15, -0.1) is 11.3 Å². The SMILES string of the molecule is c1ccc(-c2ccc(-c3cc4ccccc4c4ccccc34)cc2N(c2ccccc2-c2ccc3c(c2)oc2ccccc23)c2cccc3c2sc2ccccc23)cc1. The maximum atomic E-state index is 6.47. The first-order chi connectivity index (χ1) is 29.3. The molecule has 0 aliphatic heterocycles. The van der Waals surface area contributed by atoms with E-state index in [2.05, 4.69) is 205 Å². The molecule has 0 spiro atoms. The smallest absolute Gasteiger partial charge is 0.136 e. The maximum Gasteiger partial charge on any atom is 0.136 e. The highest BCUT2D eigenvalue weighted by Crippen LogP contribution is 2.51. The van der Waals surface area contributed by atoms with Gasteiger partial charge in [-0.3, -0.25) is 0 Å². The van der Waals surface area contributed by atoms with E-state index >= 15 is 0 Å². The summed E-state index contributed by atoms with van der Waals surface area (Å²) in [5, 5.41) is 9.77. The van der Waals surface area contributed by atoms with E-state index in [1.807, 2.05) is 23.5 Å². The zero-order valence-corrected chi connectivity index (χ0v) is 32.8. The number of fused-ring (bicyclic) bond motifs is 9. The van der Waals surface area contributed by atoms with E-state index in [1.165, 1.54) is 47.3 Å². The van der Waals surface area contributed by atoms with Gasteiger partial charge in [0.2, 0.25) is 0 Å². The number of nitrogens with zero attached hydrogens (tertiary/aromatic N) is 1. The fourth-order valence-corrected chi connectivity index (χ4v) is 10.3. The van der Waals surface area contributed by atoms with Gasteiger partial charge in [0.25, 0.3) is 0 Å². The van der Waals surface area contributed by atoms with Crippen LogP contribution in [0.2, 0.25) is 0 Å². The van der Waals surface area contributed by atoms with Crippen LogP contribution < -0.4 is 4.90 Å². The zero-order valence-electron chi connectivity index (χ0n) is 32.0. The standard InChI is InChI=1S/C56H35NOS/c1-2-15-36(16-3-1)42-31-29-38(49-33-37-17-4-5-18-40(37)43-20-6-7-21-44(43)49)34-52(42)57(51-26-14-24-48-47-23-10-13-28-55(47)59-56(48)51)50-25-11-8-19-41(50)39-30-32-46-45-22-9-12-27-53(45)58-54(46)35-39/h1-35H. The highest BCUT2D eigenvalue weighted by molar-refractivity contribution is 7.26. The summed E-state index contributed by atoms with van der Waals surface area (Å²) < 4.78 is 8.99. The molecule has 0 bridgehead atoms. The Labute approximate surface area is 345 Å². The number of para-hydroxylation sites is 2. The Morgan fingerprint density at radius 2 is 0.949 bits per heavy atom. The Bertz CT molecular complexity index is 3580. The molecule has 0 saturated carbocycles. The van der Waals surface area contributed by atoms with Crippen molar-refractivity contribution in [1.82, 2.24) is 0 Å². The first-order valence-electron chi connectivity index (χ1n) is 20.1. The highest BCUT2D eigenvalue weighted by atomic mass is 32.1. The molecule has 276 valence electrons. The molecule has 0 amide bonds. The van der Waals surface area contributed by atoms with Gasteiger partial charge in [-0.05, 0) is 92.3 Å². The summed E-state index contributed by atoms with van der Waals surface area (Å²) in [5.74, 6) is 0. The minimum Gasteiger partial charge on any atom is -0.456 e. The van der Waals surface area contributed by atoms with Crippen molar-refractivity contribution >= 4 is 92.1 Å². The monoisotopic (exact) mass is 769 g/mol. The molecule has 12 aromatic rings. The van der Waals surface area contributed by atoms with Gasteiger partial charge in [0.1, 0.15) is 11.2 Å². The van der Waals surface area contributed by atoms with Gasteiger partial charge >= 0.3 is 0 Å². The van der Waals surface area contributed by atoms with E-state index in [0.717, 1.165) is 66.8 Å². The Hall–Kier alpha value is -7.46. The number of benzene rings is 10. The molecule has 2 nitrogen and oxygen atoms in total. The lowest BCUT2D eigenvalue weighted by molar-refractivity contribution is 0.669. The van der Waals surface area contributed by atoms with E-state index in [0.29, 0.717) is 0 Å². The molecule has 0 radical (unpaired) electrons. The van der Waals surface area contributed by atoms with Crippen LogP contribution in [0.4, 0.5) is 17.1 Å². The average Bonchev–Trinajstić information content (AvgIpc) is 3.88. The van der Waals surface area contributed by atoms with Crippen LogP contribution >= 0.6 is 11.3 Å². The van der Waals surface area contributed by atoms with E-state index < -0.39 is 0 Å². The van der Waals surface area contributed by atoms with Crippen LogP contribution in [0, 0.1) is 0 Å². The molecular formula is C56H35NOS. The molecule has 0 unspecified atom stereocenters. The Balaban J connectivity index is 1.17. The molecular weight excluding hydrogens is 735 g/mol. The third-order valence-corrected chi connectivity index (χ3v) is 13.1. The minimum atomic E-state index is 0.881. The highest BCUT2D eigenvalue weighted by Gasteiger charge is 2.25. The maximum absolute atomic E-state index is 6.47. The summed E-state index contributed by atoms with van der Waals surface area (Å²) in [6, 6.07) is 77.2. The largest absolute Gasteiger partial charge is 0.456 e. The molecule has 2 heterocycles. The second-order valence-corrected chi connectivity index (χ2v) is 16.3. The molecule has 59 heavy (non-hydrogen) atoms. The second kappa shape index (κ2) is 13.6. The third-order valence-electron chi connectivity index (χ3n) is 11.9. The van der Waals surface area contributed by atoms with Crippen LogP contribution in [0.25, 0.3) is 97.0 Å². The fourth-order valence-electron chi connectivity index (χ4n) is 9.14. The zero-order chi connectivity index (χ0) is 38.9. The predicted octanol–water partition coefficient (Wildman–Crippen LogP) is 16.7. The van der Waals surface area contributed by atoms with E-state index in [4.69, 9.17) is 4.42 Å². The van der Waals surface area contributed by atoms with E-state index in [-0.39, 0.29) is 0 Å². The lowest BCUT2D eigenvalue weighted by Crippen LogP contribution is -2.13. The summed E-state index contributed by atoms with van der Waals surface area (Å²) in [5.41, 5.74) is 12.0. The van der Waals surface area contributed by atoms with Gasteiger partial charge in [-0.1, -0.05) is 164 Å². The van der Waals surface area contributed by atoms with Crippen molar-refractivity contribution in [3.8, 4) is 33.4 Å². The first-order valence-corrected chi connectivity index (χ1v) is 20.9. The summed E-state index contributed by atoms with van der Waals surface area (Å²) >= 11 is 1.86. The molecule has 0 N–H and O–H groups in total. The number of furan rings is 1. The van der Waals surface area contributed by atoms with Gasteiger partial charge < -0.3 is 9.32 Å². The second-order valence-electron chi connectivity index (χ2n) is 15.2. The minimum absolute atomic E-state index is 0.881. The topological polar surface area (TPSA) is 16.4 Å². The van der Waals surface area contributed by atoms with Crippen LogP contribution in [0.5, 0.6) is 0 Å². The quantitative estimate of drug-likeness (QED) is 0.157. The van der Waals surface area contributed by atoms with Gasteiger partial charge in [0.15, 0.2) is 0 Å². The molecule has 3 heteroatoms. The Morgan fingerprint density at radius 3 is 1.85 bits per heavy atom. The summed E-state index contributed by atoms with van der Waals surface area (Å²) in [6.45, 7) is 0. The lowest BCUT2D eigenvalue weighted by atomic mass is 9.91. The van der Waals surface area contributed by atoms with Crippen molar-refractivity contribution in [2.45, 2.75) is 0 Å². The Morgan fingerprint density at radius 1 is 0.322 bits per heavy atom. The molecule has 0 aliphatic rings. The van der Waals surface area contributed by atoms with Crippen LogP contribution in [0.15, 0.2) is 217 Å². The van der Waals surface area contributed by atoms with Crippen LogP contribution in [0.3, 0.4) is 0 Å². The summed E-state index contributed by atoms with van der Waals surface area (Å²) in [7, 11) is 0. The van der Waals surface area contributed by atoms with Gasteiger partial charge in [0.05, 0.1) is 21.8 Å². The van der Waals surface area contributed by atoms with Crippen LogP contribution in [0.1, 0.15) is 0 Å². The van der Waals surface area contributed by atoms with Crippen molar-refractivity contribution in [3.63, 3.8) is 0 Å². The van der Waals surface area contributed by atoms with Crippen LogP contribution in [-0.4, -0.2) is 0 Å². The van der Waals surface area contributed by atoms with Crippen molar-refractivity contribution < 1.29 is 4.42 Å². The molecule has 10 aromatic carbocycles. The normalized spacial score (nSPS) is 11.7. The van der Waals surface area contributed by atoms with Gasteiger partial charge in [-0.25, -0.2) is 0 Å². The number of hydrogen-bond donors (Lipinski definition) is 0. The molecule has 0 aliphatic carbocycles. The summed E-state index contributed by atoms with van der Waals surface area (Å²) in [4.78, 5) is 2.52. The average molecular weight is 770 g/mol. The third kappa shape index (κ3) is 5.47. The molecule has 0 atom stereocenters. The number of anilines is 3. The fraction of sp³-hybridized carbons (Fsp3) is 0. The van der Waals surface area contributed by atoms with E-state index in [9.17, 15) is 0 Å². The number of hydrogen-bond acceptors (Lipinski definition) is 3. The van der Waals surface area contributed by atoms with Gasteiger partial charge in [0, 0.05) is 37.4 Å². The van der Waals surface area contributed by atoms with Gasteiger partial charge in [-0.2, -0.15) is 0 Å². The molecule has 2 aromatic heterocycles. The van der Waals surface area contributed by atoms with E-state index in [1.54, 1.807) is 0 Å². The Kier molecular flexibility index (Phi) is 7.75. The van der Waals surface area contributed by atoms with Crippen molar-refractivity contribution in [1.29, 1.82) is 0 Å². The van der Waals surface area contributed by atoms with Crippen molar-refractivity contribution in [2.24, 2.45) is 0 Å². The number of rotatable bonds is 6. The number of thiophene rings is 1.